The van der Waals surface area contributed by atoms with Gasteiger partial charge in [-0.1, -0.05) is 6.07 Å². The van der Waals surface area contributed by atoms with Crippen LogP contribution in [0.1, 0.15) is 22.5 Å². The van der Waals surface area contributed by atoms with E-state index in [1.807, 2.05) is 4.90 Å². The van der Waals surface area contributed by atoms with Gasteiger partial charge in [-0.15, -0.1) is 0 Å². The maximum absolute atomic E-state index is 12.9. The van der Waals surface area contributed by atoms with Gasteiger partial charge in [-0.05, 0) is 47.9 Å². The van der Waals surface area contributed by atoms with Gasteiger partial charge in [0, 0.05) is 30.7 Å². The third-order valence-corrected chi connectivity index (χ3v) is 5.80. The summed E-state index contributed by atoms with van der Waals surface area (Å²) in [5.41, 5.74) is 2.69. The Balaban J connectivity index is 1.76. The van der Waals surface area contributed by atoms with Crippen LogP contribution in [0.4, 0.5) is 16.2 Å². The first-order valence-corrected chi connectivity index (χ1v) is 10.9. The Morgan fingerprint density at radius 2 is 2.09 bits per heavy atom. The molecular weight excluding hydrogens is 474 g/mol. The topological polar surface area (TPSA) is 164 Å². The second kappa shape index (κ2) is 10.3. The fourth-order valence-corrected chi connectivity index (χ4v) is 4.22. The molecule has 1 aliphatic rings. The lowest BCUT2D eigenvalue weighted by Crippen LogP contribution is -2.36. The Kier molecular flexibility index (Phi) is 7.05. The minimum atomic E-state index is -1.16. The highest BCUT2D eigenvalue weighted by atomic mass is 35.5. The van der Waals surface area contributed by atoms with Crippen molar-refractivity contribution in [1.82, 2.24) is 20.3 Å². The zero-order chi connectivity index (χ0) is 24.9. The number of carboxylic acid groups (broad SMARTS) is 1. The molecule has 2 atom stereocenters. The van der Waals surface area contributed by atoms with Crippen molar-refractivity contribution >= 4 is 35.0 Å². The second-order valence-corrected chi connectivity index (χ2v) is 8.14. The highest BCUT2D eigenvalue weighted by molar-refractivity contribution is 6.28. The van der Waals surface area contributed by atoms with Gasteiger partial charge in [-0.3, -0.25) is 9.78 Å². The van der Waals surface area contributed by atoms with Crippen molar-refractivity contribution in [2.24, 2.45) is 0 Å². The Morgan fingerprint density at radius 1 is 1.26 bits per heavy atom. The molecule has 0 saturated carbocycles. The van der Waals surface area contributed by atoms with Gasteiger partial charge < -0.3 is 25.7 Å². The molecule has 12 heteroatoms. The number of benzene rings is 1. The fraction of sp³-hybridized carbons (Fsp3) is 0.217. The first-order chi connectivity index (χ1) is 16.9. The number of nitrogens with one attached hydrogen (secondary N) is 2. The number of aromatic nitrogens is 3. The molecule has 0 bridgehead atoms. The Bertz CT molecular complexity index is 1310. The van der Waals surface area contributed by atoms with Crippen molar-refractivity contribution in [3.63, 3.8) is 0 Å². The monoisotopic (exact) mass is 493 g/mol. The number of aliphatic hydroxyl groups excluding tert-OH is 1. The van der Waals surface area contributed by atoms with Crippen LogP contribution >= 0.6 is 11.6 Å². The Morgan fingerprint density at radius 3 is 2.80 bits per heavy atom. The zero-order valence-corrected chi connectivity index (χ0v) is 19.0. The van der Waals surface area contributed by atoms with Crippen molar-refractivity contribution in [3.05, 3.63) is 65.5 Å². The van der Waals surface area contributed by atoms with E-state index in [1.165, 1.54) is 18.5 Å². The first-order valence-electron chi connectivity index (χ1n) is 10.5. The van der Waals surface area contributed by atoms with E-state index in [0.29, 0.717) is 34.5 Å². The average Bonchev–Trinajstić information content (AvgIpc) is 3.26. The van der Waals surface area contributed by atoms with Crippen molar-refractivity contribution in [2.45, 2.75) is 18.5 Å². The minimum absolute atomic E-state index is 0.0598. The molecule has 0 spiro atoms. The number of nitriles is 1. The van der Waals surface area contributed by atoms with Gasteiger partial charge in [0.15, 0.2) is 0 Å². The number of amides is 2. The summed E-state index contributed by atoms with van der Waals surface area (Å²) in [5.74, 6) is -0.526. The molecule has 3 heterocycles. The van der Waals surface area contributed by atoms with Crippen LogP contribution in [0, 0.1) is 11.3 Å². The van der Waals surface area contributed by atoms with Crippen molar-refractivity contribution in [3.8, 4) is 17.2 Å². The van der Waals surface area contributed by atoms with Crippen LogP contribution in [-0.4, -0.2) is 62.4 Å². The van der Waals surface area contributed by atoms with Gasteiger partial charge in [0.25, 0.3) is 5.91 Å². The standard InChI is InChI=1S/C23H20ClN7O4/c24-22-27-6-4-19(30-22)21(33)29-18-2-1-13(17-10-26-5-3-14(17)9-25)7-20(18)31-11-15(28-23(34)35)8-16(31)12-32/h1-7,10,15-16,28,32H,8,11-12H2,(H,29,33)(H,34,35)/t15-,16-/m0/s1. The maximum atomic E-state index is 12.9. The summed E-state index contributed by atoms with van der Waals surface area (Å²) in [6.45, 7) is 0.0363. The van der Waals surface area contributed by atoms with Crippen molar-refractivity contribution in [1.29, 1.82) is 5.26 Å². The van der Waals surface area contributed by atoms with Crippen LogP contribution in [0.15, 0.2) is 48.9 Å². The minimum Gasteiger partial charge on any atom is -0.465 e. The number of rotatable bonds is 6. The molecule has 2 aromatic heterocycles. The molecular formula is C23H20ClN7O4. The molecule has 3 aromatic rings. The molecule has 4 N–H and O–H groups in total. The molecule has 35 heavy (non-hydrogen) atoms. The third-order valence-electron chi connectivity index (χ3n) is 5.62. The van der Waals surface area contributed by atoms with Crippen LogP contribution in [0.2, 0.25) is 5.28 Å². The van der Waals surface area contributed by atoms with Crippen LogP contribution in [-0.2, 0) is 0 Å². The summed E-state index contributed by atoms with van der Waals surface area (Å²) >= 11 is 5.81. The smallest absolute Gasteiger partial charge is 0.404 e. The van der Waals surface area contributed by atoms with Crippen LogP contribution < -0.4 is 15.5 Å². The molecule has 1 aliphatic heterocycles. The lowest BCUT2D eigenvalue weighted by atomic mass is 10.0. The number of anilines is 2. The molecule has 178 valence electrons. The van der Waals surface area contributed by atoms with E-state index in [2.05, 4.69) is 31.7 Å². The van der Waals surface area contributed by atoms with E-state index in [1.54, 1.807) is 30.5 Å². The van der Waals surface area contributed by atoms with Crippen molar-refractivity contribution in [2.75, 3.05) is 23.4 Å². The fourth-order valence-electron chi connectivity index (χ4n) is 4.08. The van der Waals surface area contributed by atoms with Gasteiger partial charge in [0.1, 0.15) is 5.69 Å². The van der Waals surface area contributed by atoms with E-state index >= 15 is 0 Å². The van der Waals surface area contributed by atoms with Gasteiger partial charge in [-0.2, -0.15) is 5.26 Å². The largest absolute Gasteiger partial charge is 0.465 e. The van der Waals surface area contributed by atoms with Gasteiger partial charge >= 0.3 is 6.09 Å². The predicted octanol–water partition coefficient (Wildman–Crippen LogP) is 2.52. The van der Waals surface area contributed by atoms with E-state index in [9.17, 15) is 20.0 Å². The van der Waals surface area contributed by atoms with Crippen LogP contribution in [0.5, 0.6) is 0 Å². The molecule has 0 unspecified atom stereocenters. The Labute approximate surface area is 205 Å². The molecule has 0 aliphatic carbocycles. The third kappa shape index (κ3) is 5.29. The van der Waals surface area contributed by atoms with E-state index in [-0.39, 0.29) is 24.1 Å². The number of carbonyl (C=O) groups excluding carboxylic acids is 1. The lowest BCUT2D eigenvalue weighted by Gasteiger charge is -2.28. The zero-order valence-electron chi connectivity index (χ0n) is 18.2. The summed E-state index contributed by atoms with van der Waals surface area (Å²) in [6.07, 6.45) is 3.67. The highest BCUT2D eigenvalue weighted by Crippen LogP contribution is 2.37. The summed E-state index contributed by atoms with van der Waals surface area (Å²) in [6, 6.07) is 9.51. The molecule has 4 rings (SSSR count). The second-order valence-electron chi connectivity index (χ2n) is 7.80. The average molecular weight is 494 g/mol. The van der Waals surface area contributed by atoms with Crippen LogP contribution in [0.3, 0.4) is 0 Å². The van der Waals surface area contributed by atoms with Crippen molar-refractivity contribution < 1.29 is 19.8 Å². The van der Waals surface area contributed by atoms with Gasteiger partial charge in [0.05, 0.1) is 41.7 Å². The summed E-state index contributed by atoms with van der Waals surface area (Å²) in [4.78, 5) is 37.7. The van der Waals surface area contributed by atoms with E-state index < -0.39 is 24.1 Å². The number of carbonyl (C=O) groups is 2. The molecule has 1 saturated heterocycles. The summed E-state index contributed by atoms with van der Waals surface area (Å²) < 4.78 is 0. The summed E-state index contributed by atoms with van der Waals surface area (Å²) in [5, 5.41) is 33.9. The first kappa shape index (κ1) is 23.9. The SMILES string of the molecule is N#Cc1ccncc1-c1ccc(NC(=O)c2ccnc(Cl)n2)c(N2C[C@@H](NC(=O)O)C[C@H]2CO)c1. The molecule has 1 aromatic carbocycles. The molecule has 1 fully saturated rings. The van der Waals surface area contributed by atoms with Gasteiger partial charge in [0.2, 0.25) is 5.28 Å². The maximum Gasteiger partial charge on any atom is 0.404 e. The normalized spacial score (nSPS) is 17.0. The number of pyridine rings is 1. The number of hydrogen-bond donors (Lipinski definition) is 4. The quantitative estimate of drug-likeness (QED) is 0.377. The molecule has 11 nitrogen and oxygen atoms in total. The number of hydrogen-bond acceptors (Lipinski definition) is 8. The summed E-state index contributed by atoms with van der Waals surface area (Å²) in [7, 11) is 0. The molecule has 0 radical (unpaired) electrons. The van der Waals surface area contributed by atoms with E-state index in [4.69, 9.17) is 16.7 Å². The number of nitrogens with zero attached hydrogens (tertiary/aromatic N) is 5. The highest BCUT2D eigenvalue weighted by Gasteiger charge is 2.34. The van der Waals surface area contributed by atoms with Crippen LogP contribution in [0.25, 0.3) is 11.1 Å². The van der Waals surface area contributed by atoms with Gasteiger partial charge in [-0.25, -0.2) is 14.8 Å². The predicted molar refractivity (Wildman–Crippen MR) is 127 cm³/mol. The number of aliphatic hydroxyl groups is 1. The number of halogens is 1. The Hall–Kier alpha value is -4.27. The lowest BCUT2D eigenvalue weighted by molar-refractivity contribution is 0.102. The molecule has 2 amide bonds. The van der Waals surface area contributed by atoms with E-state index in [0.717, 1.165) is 0 Å².